The predicted molar refractivity (Wildman–Crippen MR) is 78.0 cm³/mol. The fourth-order valence-electron chi connectivity index (χ4n) is 1.94. The van der Waals surface area contributed by atoms with Crippen molar-refractivity contribution in [2.75, 3.05) is 13.1 Å². The van der Waals surface area contributed by atoms with E-state index in [1.165, 1.54) is 6.07 Å². The van der Waals surface area contributed by atoms with Crippen molar-refractivity contribution >= 4 is 0 Å². The molecule has 0 radical (unpaired) electrons. The van der Waals surface area contributed by atoms with Gasteiger partial charge >= 0.3 is 0 Å². The van der Waals surface area contributed by atoms with Crippen LogP contribution < -0.4 is 5.32 Å². The monoisotopic (exact) mass is 276 g/mol. The van der Waals surface area contributed by atoms with Crippen LogP contribution in [0.15, 0.2) is 28.8 Å². The Morgan fingerprint density at radius 2 is 2.15 bits per heavy atom. The first-order valence-electron chi connectivity index (χ1n) is 6.98. The van der Waals surface area contributed by atoms with Gasteiger partial charge in [0.05, 0.1) is 6.20 Å². The summed E-state index contributed by atoms with van der Waals surface area (Å²) in [5.41, 5.74) is 1.47. The molecule has 1 aromatic carbocycles. The second-order valence-corrected chi connectivity index (χ2v) is 5.43. The number of nitrogens with zero attached hydrogens (tertiary/aromatic N) is 1. The van der Waals surface area contributed by atoms with Crippen LogP contribution in [0.3, 0.4) is 0 Å². The van der Waals surface area contributed by atoms with Crippen LogP contribution in [0.5, 0.6) is 0 Å². The average molecular weight is 276 g/mol. The van der Waals surface area contributed by atoms with Gasteiger partial charge < -0.3 is 9.73 Å². The minimum absolute atomic E-state index is 0.202. The number of hydrogen-bond acceptors (Lipinski definition) is 3. The van der Waals surface area contributed by atoms with Gasteiger partial charge in [-0.05, 0) is 43.1 Å². The SMILES string of the molecule is Cc1cc(-c2cnc(CCNCC(C)C)o2)ccc1F. The van der Waals surface area contributed by atoms with Crippen LogP contribution in [0.25, 0.3) is 11.3 Å². The highest BCUT2D eigenvalue weighted by molar-refractivity contribution is 5.57. The van der Waals surface area contributed by atoms with Crippen molar-refractivity contribution in [3.63, 3.8) is 0 Å². The molecule has 108 valence electrons. The molecule has 0 saturated heterocycles. The van der Waals surface area contributed by atoms with Gasteiger partial charge in [0.15, 0.2) is 11.7 Å². The maximum Gasteiger partial charge on any atom is 0.196 e. The maximum absolute atomic E-state index is 13.2. The lowest BCUT2D eigenvalue weighted by molar-refractivity contribution is 0.483. The van der Waals surface area contributed by atoms with Gasteiger partial charge in [0.25, 0.3) is 0 Å². The summed E-state index contributed by atoms with van der Waals surface area (Å²) in [6.07, 6.45) is 2.46. The molecule has 2 aromatic rings. The van der Waals surface area contributed by atoms with E-state index in [0.717, 1.165) is 25.1 Å². The van der Waals surface area contributed by atoms with E-state index in [4.69, 9.17) is 4.42 Å². The van der Waals surface area contributed by atoms with Crippen LogP contribution in [0.4, 0.5) is 4.39 Å². The van der Waals surface area contributed by atoms with Crippen LogP contribution >= 0.6 is 0 Å². The lowest BCUT2D eigenvalue weighted by Gasteiger charge is -2.05. The van der Waals surface area contributed by atoms with Crippen molar-refractivity contribution < 1.29 is 8.81 Å². The Hall–Kier alpha value is -1.68. The third-order valence-electron chi connectivity index (χ3n) is 3.06. The fraction of sp³-hybridized carbons (Fsp3) is 0.438. The largest absolute Gasteiger partial charge is 0.441 e. The predicted octanol–water partition coefficient (Wildman–Crippen LogP) is 3.58. The lowest BCUT2D eigenvalue weighted by Crippen LogP contribution is -2.22. The summed E-state index contributed by atoms with van der Waals surface area (Å²) >= 11 is 0. The van der Waals surface area contributed by atoms with Crippen molar-refractivity contribution in [1.82, 2.24) is 10.3 Å². The highest BCUT2D eigenvalue weighted by atomic mass is 19.1. The number of aryl methyl sites for hydroxylation is 1. The summed E-state index contributed by atoms with van der Waals surface area (Å²) in [6, 6.07) is 4.94. The smallest absolute Gasteiger partial charge is 0.196 e. The molecule has 3 nitrogen and oxygen atoms in total. The summed E-state index contributed by atoms with van der Waals surface area (Å²) in [4.78, 5) is 4.26. The van der Waals surface area contributed by atoms with Gasteiger partial charge in [-0.15, -0.1) is 0 Å². The van der Waals surface area contributed by atoms with E-state index in [2.05, 4.69) is 24.1 Å². The standard InChI is InChI=1S/C16H21FN2O/c1-11(2)9-18-7-6-16-19-10-15(20-16)13-4-5-14(17)12(3)8-13/h4-5,8,10-11,18H,6-7,9H2,1-3H3. The van der Waals surface area contributed by atoms with Gasteiger partial charge in [-0.25, -0.2) is 9.37 Å². The molecule has 0 aliphatic rings. The molecule has 0 aliphatic heterocycles. The minimum atomic E-state index is -0.202. The van der Waals surface area contributed by atoms with Gasteiger partial charge in [-0.2, -0.15) is 0 Å². The molecule has 1 N–H and O–H groups in total. The van der Waals surface area contributed by atoms with Gasteiger partial charge in [-0.1, -0.05) is 13.8 Å². The molecular weight excluding hydrogens is 255 g/mol. The first-order valence-corrected chi connectivity index (χ1v) is 6.98. The van der Waals surface area contributed by atoms with Crippen LogP contribution in [-0.2, 0) is 6.42 Å². The Kier molecular flexibility index (Phi) is 4.90. The summed E-state index contributed by atoms with van der Waals surface area (Å²) in [5, 5.41) is 3.35. The van der Waals surface area contributed by atoms with Gasteiger partial charge in [-0.3, -0.25) is 0 Å². The van der Waals surface area contributed by atoms with Crippen molar-refractivity contribution in [2.24, 2.45) is 5.92 Å². The van der Waals surface area contributed by atoms with Crippen LogP contribution in [0, 0.1) is 18.7 Å². The normalized spacial score (nSPS) is 11.2. The second-order valence-electron chi connectivity index (χ2n) is 5.43. The van der Waals surface area contributed by atoms with Crippen LogP contribution in [0.2, 0.25) is 0 Å². The average Bonchev–Trinajstić information content (AvgIpc) is 2.86. The Bertz CT molecular complexity index is 563. The van der Waals surface area contributed by atoms with Crippen molar-refractivity contribution in [1.29, 1.82) is 0 Å². The first-order chi connectivity index (χ1) is 9.56. The van der Waals surface area contributed by atoms with E-state index in [0.29, 0.717) is 23.1 Å². The molecular formula is C16H21FN2O. The number of rotatable bonds is 6. The molecule has 0 bridgehead atoms. The van der Waals surface area contributed by atoms with E-state index >= 15 is 0 Å². The number of aromatic nitrogens is 1. The van der Waals surface area contributed by atoms with E-state index in [1.54, 1.807) is 25.3 Å². The molecule has 20 heavy (non-hydrogen) atoms. The quantitative estimate of drug-likeness (QED) is 0.820. The summed E-state index contributed by atoms with van der Waals surface area (Å²) in [7, 11) is 0. The van der Waals surface area contributed by atoms with Crippen molar-refractivity contribution in [2.45, 2.75) is 27.2 Å². The summed E-state index contributed by atoms with van der Waals surface area (Å²) in [5.74, 6) is 1.83. The van der Waals surface area contributed by atoms with E-state index in [9.17, 15) is 4.39 Å². The zero-order chi connectivity index (χ0) is 14.5. The Morgan fingerprint density at radius 3 is 2.85 bits per heavy atom. The number of oxazole rings is 1. The van der Waals surface area contributed by atoms with E-state index in [1.807, 2.05) is 0 Å². The van der Waals surface area contributed by atoms with Crippen molar-refractivity contribution in [3.8, 4) is 11.3 Å². The lowest BCUT2D eigenvalue weighted by atomic mass is 10.1. The third-order valence-corrected chi connectivity index (χ3v) is 3.06. The zero-order valence-electron chi connectivity index (χ0n) is 12.2. The molecule has 0 saturated carbocycles. The second kappa shape index (κ2) is 6.66. The van der Waals surface area contributed by atoms with Crippen LogP contribution in [0.1, 0.15) is 25.3 Å². The molecule has 0 amide bonds. The van der Waals surface area contributed by atoms with E-state index < -0.39 is 0 Å². The molecule has 0 aliphatic carbocycles. The van der Waals surface area contributed by atoms with E-state index in [-0.39, 0.29) is 5.82 Å². The molecule has 1 heterocycles. The van der Waals surface area contributed by atoms with Gasteiger partial charge in [0.1, 0.15) is 5.82 Å². The number of benzene rings is 1. The molecule has 0 spiro atoms. The number of nitrogens with one attached hydrogen (secondary N) is 1. The highest BCUT2D eigenvalue weighted by Crippen LogP contribution is 2.22. The molecule has 0 fully saturated rings. The minimum Gasteiger partial charge on any atom is -0.441 e. The molecule has 0 atom stereocenters. The highest BCUT2D eigenvalue weighted by Gasteiger charge is 2.08. The number of halogens is 1. The molecule has 4 heteroatoms. The Labute approximate surface area is 119 Å². The molecule has 1 aromatic heterocycles. The number of hydrogen-bond donors (Lipinski definition) is 1. The fourth-order valence-corrected chi connectivity index (χ4v) is 1.94. The Morgan fingerprint density at radius 1 is 1.35 bits per heavy atom. The molecule has 0 unspecified atom stereocenters. The van der Waals surface area contributed by atoms with Gasteiger partial charge in [0, 0.05) is 18.5 Å². The molecule has 2 rings (SSSR count). The van der Waals surface area contributed by atoms with Gasteiger partial charge in [0.2, 0.25) is 0 Å². The topological polar surface area (TPSA) is 38.1 Å². The third kappa shape index (κ3) is 3.90. The zero-order valence-corrected chi connectivity index (χ0v) is 12.2. The van der Waals surface area contributed by atoms with Crippen molar-refractivity contribution in [3.05, 3.63) is 41.7 Å². The maximum atomic E-state index is 13.2. The Balaban J connectivity index is 1.96. The first kappa shape index (κ1) is 14.7. The summed E-state index contributed by atoms with van der Waals surface area (Å²) in [6.45, 7) is 7.93. The summed E-state index contributed by atoms with van der Waals surface area (Å²) < 4.78 is 18.9. The van der Waals surface area contributed by atoms with Crippen LogP contribution in [-0.4, -0.2) is 18.1 Å².